The van der Waals surface area contributed by atoms with Gasteiger partial charge >= 0.3 is 0 Å². The standard InChI is InChI=1S/C67H131N2O6P/c1-6-8-10-12-14-16-18-20-22-24-26-28-30-31-32-33-34-35-36-37-39-41-43-45-47-49-51-53-55-57-59-61-67(71)68-65(64-75-76(72,73)74-63-62-69(3,4)5)66(70)60-58-56-54-52-50-48-46-44-42-40-38-29-27-25-23-21-19-17-15-13-11-9-7-2/h24,26,50,52,58,60,65-66,70H,6-23,25,27-49,51,53-57,59,61-64H2,1-5H3,(H-,68,71,72,73)/b26-24-,52-50+,60-58+. The number of carbonyl (C=O) groups is 1. The topological polar surface area (TPSA) is 108 Å². The van der Waals surface area contributed by atoms with E-state index in [1.807, 2.05) is 27.2 Å². The lowest BCUT2D eigenvalue weighted by Crippen LogP contribution is -2.45. The van der Waals surface area contributed by atoms with Crippen molar-refractivity contribution in [3.8, 4) is 0 Å². The number of aliphatic hydroxyl groups excluding tert-OH is 1. The fourth-order valence-electron chi connectivity index (χ4n) is 10.1. The lowest BCUT2D eigenvalue weighted by atomic mass is 10.0. The van der Waals surface area contributed by atoms with E-state index in [9.17, 15) is 19.4 Å². The average Bonchev–Trinajstić information content (AvgIpc) is 3.38. The minimum absolute atomic E-state index is 0.00456. The van der Waals surface area contributed by atoms with Crippen LogP contribution < -0.4 is 10.2 Å². The van der Waals surface area contributed by atoms with Crippen molar-refractivity contribution >= 4 is 13.7 Å². The Kier molecular flexibility index (Phi) is 57.4. The van der Waals surface area contributed by atoms with Gasteiger partial charge in [-0.3, -0.25) is 9.36 Å². The predicted octanol–water partition coefficient (Wildman–Crippen LogP) is 20.3. The molecule has 0 heterocycles. The SMILES string of the molecule is CCCCCCCCCC/C=C\CCCCCCCCCCCCCCCCCCCCCC(=O)NC(COP(=O)([O-])OCC[N+](C)(C)C)C(O)/C=C/CC/C=C/CCCCCCCCCCCCCCCCCCC. The van der Waals surface area contributed by atoms with Crippen molar-refractivity contribution in [1.82, 2.24) is 5.32 Å². The Hall–Kier alpha value is -1.28. The summed E-state index contributed by atoms with van der Waals surface area (Å²) in [4.78, 5) is 25.6. The zero-order chi connectivity index (χ0) is 55.6. The molecular formula is C67H131N2O6P. The number of unbranched alkanes of at least 4 members (excludes halogenated alkanes) is 45. The molecule has 2 N–H and O–H groups in total. The summed E-state index contributed by atoms with van der Waals surface area (Å²) in [6, 6.07) is -0.903. The number of likely N-dealkylation sites (N-methyl/N-ethyl adjacent to an activating group) is 1. The van der Waals surface area contributed by atoms with E-state index in [0.29, 0.717) is 17.4 Å². The van der Waals surface area contributed by atoms with Gasteiger partial charge in [-0.15, -0.1) is 0 Å². The first kappa shape index (κ1) is 74.7. The van der Waals surface area contributed by atoms with E-state index < -0.39 is 20.0 Å². The minimum atomic E-state index is -4.61. The summed E-state index contributed by atoms with van der Waals surface area (Å²) in [7, 11) is 1.26. The quantitative estimate of drug-likeness (QED) is 0.0272. The number of hydrogen-bond donors (Lipinski definition) is 2. The highest BCUT2D eigenvalue weighted by Crippen LogP contribution is 2.38. The highest BCUT2D eigenvalue weighted by molar-refractivity contribution is 7.45. The van der Waals surface area contributed by atoms with Gasteiger partial charge in [0.15, 0.2) is 0 Å². The minimum Gasteiger partial charge on any atom is -0.756 e. The fraction of sp³-hybridized carbons (Fsp3) is 0.896. The molecule has 3 atom stereocenters. The van der Waals surface area contributed by atoms with Gasteiger partial charge < -0.3 is 28.8 Å². The van der Waals surface area contributed by atoms with Crippen molar-refractivity contribution in [2.24, 2.45) is 0 Å². The Morgan fingerprint density at radius 2 is 0.737 bits per heavy atom. The van der Waals surface area contributed by atoms with Crippen LogP contribution in [0.15, 0.2) is 36.5 Å². The van der Waals surface area contributed by atoms with E-state index in [0.717, 1.165) is 38.5 Å². The van der Waals surface area contributed by atoms with Gasteiger partial charge in [-0.25, -0.2) is 0 Å². The molecule has 0 bridgehead atoms. The van der Waals surface area contributed by atoms with E-state index in [-0.39, 0.29) is 19.1 Å². The third kappa shape index (κ3) is 60.4. The van der Waals surface area contributed by atoms with Gasteiger partial charge in [-0.05, 0) is 57.8 Å². The number of quaternary nitrogens is 1. The highest BCUT2D eigenvalue weighted by Gasteiger charge is 2.23. The molecular weight excluding hydrogens is 960 g/mol. The summed E-state index contributed by atoms with van der Waals surface area (Å²) in [5.41, 5.74) is 0. The van der Waals surface area contributed by atoms with Crippen LogP contribution in [0.3, 0.4) is 0 Å². The van der Waals surface area contributed by atoms with Crippen LogP contribution >= 0.6 is 7.82 Å². The molecule has 0 spiro atoms. The molecule has 0 rings (SSSR count). The van der Waals surface area contributed by atoms with E-state index in [1.165, 1.54) is 276 Å². The van der Waals surface area contributed by atoms with Crippen LogP contribution in [-0.2, 0) is 18.4 Å². The number of rotatable bonds is 62. The lowest BCUT2D eigenvalue weighted by Gasteiger charge is -2.29. The van der Waals surface area contributed by atoms with Gasteiger partial charge in [0.25, 0.3) is 7.82 Å². The number of amides is 1. The molecule has 8 nitrogen and oxygen atoms in total. The molecule has 76 heavy (non-hydrogen) atoms. The summed E-state index contributed by atoms with van der Waals surface area (Å²) in [6.07, 6.45) is 76.9. The molecule has 0 aliphatic rings. The number of phosphoric acid groups is 1. The zero-order valence-corrected chi connectivity index (χ0v) is 52.4. The molecule has 0 aliphatic carbocycles. The second-order valence-electron chi connectivity index (χ2n) is 24.2. The largest absolute Gasteiger partial charge is 0.756 e. The third-order valence-electron chi connectivity index (χ3n) is 15.3. The van der Waals surface area contributed by atoms with Crippen molar-refractivity contribution in [1.29, 1.82) is 0 Å². The first-order valence-corrected chi connectivity index (χ1v) is 34.8. The number of hydrogen-bond acceptors (Lipinski definition) is 6. The van der Waals surface area contributed by atoms with E-state index >= 15 is 0 Å². The Balaban J connectivity index is 4.09. The maximum atomic E-state index is 13.0. The number of nitrogens with one attached hydrogen (secondary N) is 1. The van der Waals surface area contributed by atoms with Crippen molar-refractivity contribution in [3.63, 3.8) is 0 Å². The van der Waals surface area contributed by atoms with Crippen LogP contribution in [0.5, 0.6) is 0 Å². The van der Waals surface area contributed by atoms with Crippen molar-refractivity contribution in [3.05, 3.63) is 36.5 Å². The Bertz CT molecular complexity index is 1330. The molecule has 0 aromatic carbocycles. The number of phosphoric ester groups is 1. The maximum Gasteiger partial charge on any atom is 0.268 e. The van der Waals surface area contributed by atoms with Crippen LogP contribution in [0.1, 0.15) is 335 Å². The van der Waals surface area contributed by atoms with Gasteiger partial charge in [0.05, 0.1) is 39.9 Å². The molecule has 1 amide bonds. The Labute approximate surface area is 474 Å². The molecule has 0 saturated heterocycles. The number of carbonyl (C=O) groups excluding carboxylic acids is 1. The summed E-state index contributed by atoms with van der Waals surface area (Å²) in [6.45, 7) is 4.68. The molecule has 0 aromatic heterocycles. The van der Waals surface area contributed by atoms with Gasteiger partial charge in [0, 0.05) is 6.42 Å². The van der Waals surface area contributed by atoms with Crippen LogP contribution in [0.4, 0.5) is 0 Å². The second kappa shape index (κ2) is 58.4. The predicted molar refractivity (Wildman–Crippen MR) is 330 cm³/mol. The summed E-state index contributed by atoms with van der Waals surface area (Å²) in [5, 5.41) is 13.9. The first-order chi connectivity index (χ1) is 37.0. The van der Waals surface area contributed by atoms with E-state index in [2.05, 4.69) is 43.5 Å². The monoisotopic (exact) mass is 1090 g/mol. The number of nitrogens with zero attached hydrogens (tertiary/aromatic N) is 1. The van der Waals surface area contributed by atoms with Crippen LogP contribution in [0.2, 0.25) is 0 Å². The summed E-state index contributed by atoms with van der Waals surface area (Å²) in [5.74, 6) is -0.201. The van der Waals surface area contributed by atoms with Crippen LogP contribution in [0.25, 0.3) is 0 Å². The van der Waals surface area contributed by atoms with Gasteiger partial charge in [-0.1, -0.05) is 307 Å². The van der Waals surface area contributed by atoms with Crippen molar-refractivity contribution in [2.75, 3.05) is 40.9 Å². The number of aliphatic hydroxyl groups is 1. The third-order valence-corrected chi connectivity index (χ3v) is 16.3. The fourth-order valence-corrected chi connectivity index (χ4v) is 10.8. The molecule has 0 radical (unpaired) electrons. The van der Waals surface area contributed by atoms with Gasteiger partial charge in [0.1, 0.15) is 13.2 Å². The highest BCUT2D eigenvalue weighted by atomic mass is 31.2. The lowest BCUT2D eigenvalue weighted by molar-refractivity contribution is -0.870. The molecule has 0 aliphatic heterocycles. The van der Waals surface area contributed by atoms with Gasteiger partial charge in [-0.2, -0.15) is 0 Å². The maximum absolute atomic E-state index is 13.0. The van der Waals surface area contributed by atoms with Crippen LogP contribution in [-0.4, -0.2) is 68.5 Å². The Morgan fingerprint density at radius 3 is 1.07 bits per heavy atom. The van der Waals surface area contributed by atoms with Crippen molar-refractivity contribution < 1.29 is 32.9 Å². The molecule has 0 fully saturated rings. The Morgan fingerprint density at radius 1 is 0.447 bits per heavy atom. The molecule has 9 heteroatoms. The summed E-state index contributed by atoms with van der Waals surface area (Å²) >= 11 is 0. The normalized spacial score (nSPS) is 13.9. The van der Waals surface area contributed by atoms with E-state index in [4.69, 9.17) is 9.05 Å². The second-order valence-corrected chi connectivity index (χ2v) is 25.6. The molecule has 0 aromatic rings. The van der Waals surface area contributed by atoms with Crippen molar-refractivity contribution in [2.45, 2.75) is 347 Å². The number of allylic oxidation sites excluding steroid dienone is 5. The zero-order valence-electron chi connectivity index (χ0n) is 51.5. The van der Waals surface area contributed by atoms with Gasteiger partial charge in [0.2, 0.25) is 5.91 Å². The molecule has 3 unspecified atom stereocenters. The first-order valence-electron chi connectivity index (χ1n) is 33.4. The molecule has 450 valence electrons. The smallest absolute Gasteiger partial charge is 0.268 e. The van der Waals surface area contributed by atoms with E-state index in [1.54, 1.807) is 6.08 Å². The summed E-state index contributed by atoms with van der Waals surface area (Å²) < 4.78 is 23.4. The average molecular weight is 1090 g/mol. The van der Waals surface area contributed by atoms with Crippen LogP contribution in [0, 0.1) is 0 Å². The molecule has 0 saturated carbocycles.